The van der Waals surface area contributed by atoms with Gasteiger partial charge in [0.25, 0.3) is 5.92 Å². The maximum atomic E-state index is 13.1. The Morgan fingerprint density at radius 1 is 1.33 bits per heavy atom. The second kappa shape index (κ2) is 2.64. The topological polar surface area (TPSA) is 0 Å². The largest absolute Gasteiger partial charge is 0.251 e. The van der Waals surface area contributed by atoms with Gasteiger partial charge in [-0.15, -0.1) is 0 Å². The fourth-order valence-electron chi connectivity index (χ4n) is 2.07. The van der Waals surface area contributed by atoms with Crippen molar-refractivity contribution in [1.82, 2.24) is 0 Å². The highest BCUT2D eigenvalue weighted by molar-refractivity contribution is 5.03. The first-order valence-electron chi connectivity index (χ1n) is 4.31. The molecule has 0 aliphatic heterocycles. The smallest absolute Gasteiger partial charge is 0.247 e. The number of halogens is 3. The van der Waals surface area contributed by atoms with E-state index < -0.39 is 17.5 Å². The van der Waals surface area contributed by atoms with Gasteiger partial charge in [-0.2, -0.15) is 0 Å². The third kappa shape index (κ3) is 1.23. The van der Waals surface area contributed by atoms with Crippen LogP contribution in [0.2, 0.25) is 0 Å². The summed E-state index contributed by atoms with van der Waals surface area (Å²) in [5, 5.41) is 0. The van der Waals surface area contributed by atoms with Crippen molar-refractivity contribution in [3.8, 4) is 0 Å². The number of alkyl halides is 3. The summed E-state index contributed by atoms with van der Waals surface area (Å²) in [5.74, 6) is -2.89. The molecule has 1 fully saturated rings. The Morgan fingerprint density at radius 2 is 1.75 bits per heavy atom. The molecule has 0 radical (unpaired) electrons. The van der Waals surface area contributed by atoms with Crippen LogP contribution in [-0.4, -0.2) is 12.1 Å². The monoisotopic (exact) mass is 180 g/mol. The molecule has 0 nitrogen and oxygen atoms in total. The number of hydrogen-bond acceptors (Lipinski definition) is 0. The first kappa shape index (κ1) is 9.87. The Bertz CT molecular complexity index is 163. The molecule has 0 unspecified atom stereocenters. The molecule has 0 amide bonds. The molecule has 12 heavy (non-hydrogen) atoms. The van der Waals surface area contributed by atoms with Gasteiger partial charge in [-0.3, -0.25) is 0 Å². The van der Waals surface area contributed by atoms with Crippen LogP contribution in [0, 0.1) is 11.3 Å². The van der Waals surface area contributed by atoms with Crippen molar-refractivity contribution in [2.24, 2.45) is 11.3 Å². The van der Waals surface area contributed by atoms with E-state index in [1.165, 1.54) is 0 Å². The van der Waals surface area contributed by atoms with Gasteiger partial charge in [-0.05, 0) is 25.7 Å². The zero-order valence-corrected chi connectivity index (χ0v) is 7.70. The van der Waals surface area contributed by atoms with Gasteiger partial charge >= 0.3 is 0 Å². The normalized spacial score (nSPS) is 36.8. The van der Waals surface area contributed by atoms with E-state index in [2.05, 4.69) is 0 Å². The van der Waals surface area contributed by atoms with Crippen molar-refractivity contribution in [2.45, 2.75) is 45.7 Å². The second-order valence-electron chi connectivity index (χ2n) is 4.20. The molecule has 1 aliphatic carbocycles. The highest BCUT2D eigenvalue weighted by Crippen LogP contribution is 2.57. The van der Waals surface area contributed by atoms with E-state index in [1.54, 1.807) is 13.8 Å². The Kier molecular flexibility index (Phi) is 2.17. The van der Waals surface area contributed by atoms with Crippen LogP contribution >= 0.6 is 0 Å². The van der Waals surface area contributed by atoms with Gasteiger partial charge in [0.2, 0.25) is 0 Å². The lowest BCUT2D eigenvalue weighted by atomic mass is 9.58. The maximum Gasteiger partial charge on any atom is 0.251 e. The van der Waals surface area contributed by atoms with Gasteiger partial charge in [0.15, 0.2) is 0 Å². The number of hydrogen-bond donors (Lipinski definition) is 0. The van der Waals surface area contributed by atoms with E-state index in [0.717, 1.165) is 6.92 Å². The standard InChI is InChI=1S/C9H15F3/c1-6(2)9(8(3,11)12)4-7(10)5-9/h6-7H,4-5H2,1-3H3. The van der Waals surface area contributed by atoms with Gasteiger partial charge in [0.05, 0.1) is 0 Å². The third-order valence-electron chi connectivity index (χ3n) is 3.15. The molecule has 0 aromatic rings. The van der Waals surface area contributed by atoms with Crippen molar-refractivity contribution in [1.29, 1.82) is 0 Å². The highest BCUT2D eigenvalue weighted by Gasteiger charge is 2.59. The minimum absolute atomic E-state index is 0.0220. The van der Waals surface area contributed by atoms with E-state index in [-0.39, 0.29) is 18.8 Å². The summed E-state index contributed by atoms with van der Waals surface area (Å²) in [7, 11) is 0. The third-order valence-corrected chi connectivity index (χ3v) is 3.15. The van der Waals surface area contributed by atoms with Gasteiger partial charge in [-0.1, -0.05) is 13.8 Å². The molecule has 1 rings (SSSR count). The Hall–Kier alpha value is -0.210. The van der Waals surface area contributed by atoms with Crippen molar-refractivity contribution in [3.05, 3.63) is 0 Å². The summed E-state index contributed by atoms with van der Waals surface area (Å²) < 4.78 is 38.7. The molecule has 0 spiro atoms. The molecular weight excluding hydrogens is 165 g/mol. The van der Waals surface area contributed by atoms with Crippen LogP contribution in [0.3, 0.4) is 0 Å². The number of rotatable bonds is 2. The zero-order chi connectivity index (χ0) is 9.57. The molecule has 0 bridgehead atoms. The summed E-state index contributed by atoms with van der Waals surface area (Å²) in [6, 6.07) is 0. The van der Waals surface area contributed by atoms with Crippen molar-refractivity contribution in [3.63, 3.8) is 0 Å². The Balaban J connectivity index is 2.77. The van der Waals surface area contributed by atoms with Crippen LogP contribution in [-0.2, 0) is 0 Å². The highest BCUT2D eigenvalue weighted by atomic mass is 19.3. The molecule has 0 aromatic carbocycles. The van der Waals surface area contributed by atoms with Gasteiger partial charge < -0.3 is 0 Å². The van der Waals surface area contributed by atoms with Crippen LogP contribution in [0.4, 0.5) is 13.2 Å². The molecule has 0 N–H and O–H groups in total. The predicted molar refractivity (Wildman–Crippen MR) is 42.0 cm³/mol. The van der Waals surface area contributed by atoms with Crippen LogP contribution in [0.25, 0.3) is 0 Å². The molecule has 1 saturated carbocycles. The van der Waals surface area contributed by atoms with Crippen LogP contribution in [0.15, 0.2) is 0 Å². The summed E-state index contributed by atoms with van der Waals surface area (Å²) in [6.07, 6.45) is -0.972. The van der Waals surface area contributed by atoms with Crippen LogP contribution < -0.4 is 0 Å². The average Bonchev–Trinajstić information content (AvgIpc) is 1.76. The predicted octanol–water partition coefficient (Wildman–Crippen LogP) is 3.42. The molecule has 0 heterocycles. The fourth-order valence-corrected chi connectivity index (χ4v) is 2.07. The SMILES string of the molecule is CC(C)C1(C(C)(F)F)CC(F)C1. The minimum atomic E-state index is -2.75. The Labute approximate surface area is 71.1 Å². The van der Waals surface area contributed by atoms with E-state index in [9.17, 15) is 13.2 Å². The second-order valence-corrected chi connectivity index (χ2v) is 4.20. The lowest BCUT2D eigenvalue weighted by Crippen LogP contribution is -2.53. The molecule has 0 aromatic heterocycles. The molecule has 72 valence electrons. The molecule has 0 atom stereocenters. The van der Waals surface area contributed by atoms with E-state index in [1.807, 2.05) is 0 Å². The van der Waals surface area contributed by atoms with Crippen LogP contribution in [0.5, 0.6) is 0 Å². The molecular formula is C9H15F3. The quantitative estimate of drug-likeness (QED) is 0.610. The molecule has 1 aliphatic rings. The van der Waals surface area contributed by atoms with Crippen molar-refractivity contribution in [2.75, 3.05) is 0 Å². The van der Waals surface area contributed by atoms with Gasteiger partial charge in [-0.25, -0.2) is 13.2 Å². The summed E-state index contributed by atoms with van der Waals surface area (Å²) in [6.45, 7) is 4.38. The summed E-state index contributed by atoms with van der Waals surface area (Å²) in [5.41, 5.74) is -1.08. The zero-order valence-electron chi connectivity index (χ0n) is 7.70. The van der Waals surface area contributed by atoms with E-state index in [4.69, 9.17) is 0 Å². The van der Waals surface area contributed by atoms with E-state index in [0.29, 0.717) is 0 Å². The van der Waals surface area contributed by atoms with Crippen LogP contribution in [0.1, 0.15) is 33.6 Å². The lowest BCUT2D eigenvalue weighted by Gasteiger charge is -2.50. The minimum Gasteiger partial charge on any atom is -0.247 e. The first-order chi connectivity index (χ1) is 5.29. The maximum absolute atomic E-state index is 13.1. The molecule has 3 heteroatoms. The first-order valence-corrected chi connectivity index (χ1v) is 4.31. The fraction of sp³-hybridized carbons (Fsp3) is 1.00. The molecule has 0 saturated heterocycles. The Morgan fingerprint density at radius 3 is 1.83 bits per heavy atom. The average molecular weight is 180 g/mol. The lowest BCUT2D eigenvalue weighted by molar-refractivity contribution is -0.196. The van der Waals surface area contributed by atoms with Gasteiger partial charge in [0.1, 0.15) is 6.17 Å². The van der Waals surface area contributed by atoms with Crippen molar-refractivity contribution >= 4 is 0 Å². The van der Waals surface area contributed by atoms with E-state index >= 15 is 0 Å². The van der Waals surface area contributed by atoms with Crippen molar-refractivity contribution < 1.29 is 13.2 Å². The van der Waals surface area contributed by atoms with Gasteiger partial charge in [0, 0.05) is 5.41 Å². The summed E-state index contributed by atoms with van der Waals surface area (Å²) >= 11 is 0. The summed E-state index contributed by atoms with van der Waals surface area (Å²) in [4.78, 5) is 0.